The molecule has 0 spiro atoms. The van der Waals surface area contributed by atoms with Crippen molar-refractivity contribution in [2.75, 3.05) is 0 Å². The van der Waals surface area contributed by atoms with Crippen molar-refractivity contribution >= 4 is 17.6 Å². The highest BCUT2D eigenvalue weighted by atomic mass is 19.1. The molecular weight excluding hydrogens is 355 g/mol. The Morgan fingerprint density at radius 1 is 1.11 bits per heavy atom. The minimum atomic E-state index is -0.888. The quantitative estimate of drug-likeness (QED) is 0.456. The Labute approximate surface area is 155 Å². The number of hydrogen-bond acceptors (Lipinski definition) is 5. The van der Waals surface area contributed by atoms with E-state index in [1.165, 1.54) is 36.4 Å². The molecule has 0 radical (unpaired) electrons. The monoisotopic (exact) mass is 374 g/mol. The lowest BCUT2D eigenvalue weighted by molar-refractivity contribution is -0.384. The minimum Gasteiger partial charge on any atom is -0.459 e. The fourth-order valence-electron chi connectivity index (χ4n) is 2.28. The summed E-state index contributed by atoms with van der Waals surface area (Å²) in [6.45, 7) is 3.43. The fraction of sp³-hybridized carbons (Fsp3) is 0.263. The predicted molar refractivity (Wildman–Crippen MR) is 95.4 cm³/mol. The second-order valence-electron chi connectivity index (χ2n) is 6.23. The molecule has 0 bridgehead atoms. The topological polar surface area (TPSA) is 98.5 Å². The third-order valence-corrected chi connectivity index (χ3v) is 3.84. The van der Waals surface area contributed by atoms with Gasteiger partial charge >= 0.3 is 5.97 Å². The minimum absolute atomic E-state index is 0.0586. The van der Waals surface area contributed by atoms with Crippen molar-refractivity contribution in [3.05, 3.63) is 75.6 Å². The normalized spacial score (nSPS) is 11.7. The maximum atomic E-state index is 13.0. The first kappa shape index (κ1) is 20.0. The second-order valence-corrected chi connectivity index (χ2v) is 6.23. The number of esters is 1. The van der Waals surface area contributed by atoms with Crippen molar-refractivity contribution < 1.29 is 23.6 Å². The Morgan fingerprint density at radius 2 is 1.70 bits per heavy atom. The van der Waals surface area contributed by atoms with Crippen LogP contribution in [0.1, 0.15) is 29.8 Å². The number of halogens is 1. The van der Waals surface area contributed by atoms with E-state index in [9.17, 15) is 24.1 Å². The molecule has 0 heterocycles. The van der Waals surface area contributed by atoms with Crippen LogP contribution in [0, 0.1) is 21.8 Å². The zero-order valence-electron chi connectivity index (χ0n) is 14.8. The number of nitro benzene ring substituents is 1. The highest BCUT2D eigenvalue weighted by Crippen LogP contribution is 2.14. The summed E-state index contributed by atoms with van der Waals surface area (Å²) in [6.07, 6.45) is 0. The average Bonchev–Trinajstić information content (AvgIpc) is 2.64. The van der Waals surface area contributed by atoms with Crippen LogP contribution in [-0.2, 0) is 16.1 Å². The summed E-state index contributed by atoms with van der Waals surface area (Å²) >= 11 is 0. The lowest BCUT2D eigenvalue weighted by atomic mass is 10.0. The Kier molecular flexibility index (Phi) is 6.59. The number of non-ortho nitro benzene ring substituents is 1. The number of carbonyl (C=O) groups excluding carboxylic acids is 2. The van der Waals surface area contributed by atoms with Gasteiger partial charge in [-0.05, 0) is 47.9 Å². The number of carbonyl (C=O) groups is 2. The Balaban J connectivity index is 1.98. The molecule has 0 aliphatic carbocycles. The van der Waals surface area contributed by atoms with Gasteiger partial charge in [0.1, 0.15) is 18.5 Å². The molecule has 0 aromatic heterocycles. The molecule has 7 nitrogen and oxygen atoms in total. The predicted octanol–water partition coefficient (Wildman–Crippen LogP) is 3.23. The SMILES string of the molecule is CC(C)[C@H](NC(=O)c1ccc(F)cc1)C(=O)OCc1ccc([N+](=O)[O-])cc1. The number of hydrogen-bond donors (Lipinski definition) is 1. The van der Waals surface area contributed by atoms with Crippen LogP contribution in [0.25, 0.3) is 0 Å². The summed E-state index contributed by atoms with van der Waals surface area (Å²) < 4.78 is 18.2. The molecule has 1 N–H and O–H groups in total. The van der Waals surface area contributed by atoms with E-state index in [2.05, 4.69) is 5.32 Å². The number of ether oxygens (including phenoxy) is 1. The van der Waals surface area contributed by atoms with E-state index in [4.69, 9.17) is 4.74 Å². The molecule has 1 atom stereocenters. The molecule has 27 heavy (non-hydrogen) atoms. The zero-order valence-corrected chi connectivity index (χ0v) is 14.8. The van der Waals surface area contributed by atoms with Gasteiger partial charge in [0.15, 0.2) is 0 Å². The number of nitrogens with zero attached hydrogens (tertiary/aromatic N) is 1. The van der Waals surface area contributed by atoms with E-state index in [1.54, 1.807) is 13.8 Å². The first-order valence-electron chi connectivity index (χ1n) is 8.24. The summed E-state index contributed by atoms with van der Waals surface area (Å²) in [6, 6.07) is 9.70. The van der Waals surface area contributed by atoms with Gasteiger partial charge in [-0.15, -0.1) is 0 Å². The zero-order chi connectivity index (χ0) is 20.0. The van der Waals surface area contributed by atoms with Crippen molar-refractivity contribution in [1.29, 1.82) is 0 Å². The van der Waals surface area contributed by atoms with Crippen molar-refractivity contribution in [3.8, 4) is 0 Å². The maximum Gasteiger partial charge on any atom is 0.329 e. The van der Waals surface area contributed by atoms with Gasteiger partial charge < -0.3 is 10.1 Å². The number of benzene rings is 2. The summed E-state index contributed by atoms with van der Waals surface area (Å²) in [7, 11) is 0. The van der Waals surface area contributed by atoms with Crippen LogP contribution in [0.2, 0.25) is 0 Å². The van der Waals surface area contributed by atoms with Gasteiger partial charge in [-0.25, -0.2) is 9.18 Å². The third-order valence-electron chi connectivity index (χ3n) is 3.84. The standard InChI is InChI=1S/C19H19FN2O5/c1-12(2)17(21-18(23)14-5-7-15(20)8-6-14)19(24)27-11-13-3-9-16(10-4-13)22(25)26/h3-10,12,17H,11H2,1-2H3,(H,21,23)/t17-/m0/s1. The molecule has 2 rings (SSSR count). The van der Waals surface area contributed by atoms with Gasteiger partial charge in [0.2, 0.25) is 0 Å². The van der Waals surface area contributed by atoms with Crippen molar-refractivity contribution in [2.24, 2.45) is 5.92 Å². The van der Waals surface area contributed by atoms with E-state index in [1.807, 2.05) is 0 Å². The molecular formula is C19H19FN2O5. The van der Waals surface area contributed by atoms with Crippen molar-refractivity contribution in [1.82, 2.24) is 5.32 Å². The number of nitro groups is 1. The molecule has 1 amide bonds. The average molecular weight is 374 g/mol. The van der Waals surface area contributed by atoms with Crippen LogP contribution in [-0.4, -0.2) is 22.8 Å². The number of nitrogens with one attached hydrogen (secondary N) is 1. The van der Waals surface area contributed by atoms with E-state index in [-0.39, 0.29) is 23.8 Å². The molecule has 8 heteroatoms. The Hall–Kier alpha value is -3.29. The van der Waals surface area contributed by atoms with Crippen molar-refractivity contribution in [3.63, 3.8) is 0 Å². The van der Waals surface area contributed by atoms with Gasteiger partial charge in [0, 0.05) is 17.7 Å². The van der Waals surface area contributed by atoms with Crippen LogP contribution in [0.5, 0.6) is 0 Å². The first-order valence-corrected chi connectivity index (χ1v) is 8.24. The highest BCUT2D eigenvalue weighted by molar-refractivity contribution is 5.96. The van der Waals surface area contributed by atoms with Gasteiger partial charge in [0.05, 0.1) is 4.92 Å². The highest BCUT2D eigenvalue weighted by Gasteiger charge is 2.26. The summed E-state index contributed by atoms with van der Waals surface area (Å²) in [5.74, 6) is -1.84. The maximum absolute atomic E-state index is 13.0. The van der Waals surface area contributed by atoms with Gasteiger partial charge in [0.25, 0.3) is 11.6 Å². The van der Waals surface area contributed by atoms with E-state index in [0.29, 0.717) is 5.56 Å². The lowest BCUT2D eigenvalue weighted by Crippen LogP contribution is -2.45. The van der Waals surface area contributed by atoms with Crippen molar-refractivity contribution in [2.45, 2.75) is 26.5 Å². The first-order chi connectivity index (χ1) is 12.8. The summed E-state index contributed by atoms with van der Waals surface area (Å²) in [5, 5.41) is 13.2. The molecule has 2 aromatic rings. The molecule has 0 unspecified atom stereocenters. The van der Waals surface area contributed by atoms with Gasteiger partial charge in [-0.2, -0.15) is 0 Å². The molecule has 0 fully saturated rings. The van der Waals surface area contributed by atoms with Crippen LogP contribution >= 0.6 is 0 Å². The second kappa shape index (κ2) is 8.88. The third kappa shape index (κ3) is 5.60. The lowest BCUT2D eigenvalue weighted by Gasteiger charge is -2.21. The summed E-state index contributed by atoms with van der Waals surface area (Å²) in [5.41, 5.74) is 0.753. The van der Waals surface area contributed by atoms with E-state index >= 15 is 0 Å². The molecule has 0 saturated heterocycles. The number of rotatable bonds is 7. The van der Waals surface area contributed by atoms with Crippen LogP contribution < -0.4 is 5.32 Å². The fourth-order valence-corrected chi connectivity index (χ4v) is 2.28. The number of amides is 1. The van der Waals surface area contributed by atoms with Crippen LogP contribution in [0.4, 0.5) is 10.1 Å². The smallest absolute Gasteiger partial charge is 0.329 e. The van der Waals surface area contributed by atoms with Crippen LogP contribution in [0.3, 0.4) is 0 Å². The molecule has 0 aliphatic rings. The van der Waals surface area contributed by atoms with Crippen LogP contribution in [0.15, 0.2) is 48.5 Å². The van der Waals surface area contributed by atoms with Gasteiger partial charge in [-0.3, -0.25) is 14.9 Å². The largest absolute Gasteiger partial charge is 0.459 e. The molecule has 2 aromatic carbocycles. The van der Waals surface area contributed by atoms with Gasteiger partial charge in [-0.1, -0.05) is 13.8 Å². The Bertz CT molecular complexity index is 819. The van der Waals surface area contributed by atoms with E-state index < -0.39 is 28.7 Å². The van der Waals surface area contributed by atoms with E-state index in [0.717, 1.165) is 12.1 Å². The summed E-state index contributed by atoms with van der Waals surface area (Å²) in [4.78, 5) is 34.7. The molecule has 0 saturated carbocycles. The molecule has 0 aliphatic heterocycles. The Morgan fingerprint density at radius 3 is 2.22 bits per heavy atom. The molecule has 142 valence electrons.